The van der Waals surface area contributed by atoms with Crippen LogP contribution in [0, 0.1) is 5.92 Å². The van der Waals surface area contributed by atoms with Gasteiger partial charge in [0.25, 0.3) is 5.91 Å². The number of methoxy groups -OCH3 is 1. The molecular formula is C21H25ClN4O4S. The van der Waals surface area contributed by atoms with Crippen molar-refractivity contribution in [2.24, 2.45) is 5.92 Å². The van der Waals surface area contributed by atoms with Gasteiger partial charge in [0.1, 0.15) is 23.4 Å². The van der Waals surface area contributed by atoms with Gasteiger partial charge in [0.2, 0.25) is 11.0 Å². The minimum Gasteiger partial charge on any atom is -0.458 e. The van der Waals surface area contributed by atoms with Gasteiger partial charge >= 0.3 is 0 Å². The van der Waals surface area contributed by atoms with Crippen LogP contribution < -0.4 is 10.1 Å². The van der Waals surface area contributed by atoms with Gasteiger partial charge in [0.05, 0.1) is 18.2 Å². The zero-order valence-corrected chi connectivity index (χ0v) is 19.2. The summed E-state index contributed by atoms with van der Waals surface area (Å²) >= 11 is 7.25. The summed E-state index contributed by atoms with van der Waals surface area (Å²) in [5, 5.41) is 3.65. The Morgan fingerprint density at radius 1 is 1.35 bits per heavy atom. The smallest absolute Gasteiger partial charge is 0.251 e. The quantitative estimate of drug-likeness (QED) is 0.578. The minimum absolute atomic E-state index is 0.185. The van der Waals surface area contributed by atoms with E-state index in [2.05, 4.69) is 14.7 Å². The summed E-state index contributed by atoms with van der Waals surface area (Å²) < 4.78 is 15.0. The van der Waals surface area contributed by atoms with Crippen molar-refractivity contribution in [3.05, 3.63) is 46.9 Å². The number of hydrogen-bond donors (Lipinski definition) is 1. The Morgan fingerprint density at radius 3 is 2.84 bits per heavy atom. The molecule has 2 aromatic rings. The van der Waals surface area contributed by atoms with Crippen LogP contribution in [0.1, 0.15) is 26.1 Å². The third-order valence-electron chi connectivity index (χ3n) is 4.57. The Hall–Kier alpha value is -2.49. The highest BCUT2D eigenvalue weighted by molar-refractivity contribution is 7.09. The molecule has 10 heteroatoms. The number of benzene rings is 1. The van der Waals surface area contributed by atoms with Gasteiger partial charge in [0, 0.05) is 31.1 Å². The van der Waals surface area contributed by atoms with E-state index in [9.17, 15) is 9.59 Å². The van der Waals surface area contributed by atoms with Crippen LogP contribution in [0.25, 0.3) is 0 Å². The van der Waals surface area contributed by atoms with Gasteiger partial charge < -0.3 is 14.4 Å². The molecule has 0 fully saturated rings. The maximum atomic E-state index is 13.0. The number of rotatable bonds is 10. The molecule has 3 rings (SSSR count). The summed E-state index contributed by atoms with van der Waals surface area (Å²) in [4.78, 5) is 31.5. The first-order chi connectivity index (χ1) is 14.9. The monoisotopic (exact) mass is 464 g/mol. The van der Waals surface area contributed by atoms with E-state index in [0.717, 1.165) is 11.5 Å². The Labute approximate surface area is 190 Å². The second-order valence-electron chi connectivity index (χ2n) is 7.50. The van der Waals surface area contributed by atoms with Crippen LogP contribution in [0.4, 0.5) is 5.13 Å². The molecule has 2 heterocycles. The molecule has 0 saturated carbocycles. The van der Waals surface area contributed by atoms with Gasteiger partial charge in [0.15, 0.2) is 0 Å². The summed E-state index contributed by atoms with van der Waals surface area (Å²) in [5.74, 6) is 1.13. The highest BCUT2D eigenvalue weighted by Crippen LogP contribution is 2.28. The van der Waals surface area contributed by atoms with Crippen molar-refractivity contribution in [3.8, 4) is 5.75 Å². The molecule has 1 aliphatic heterocycles. The van der Waals surface area contributed by atoms with Gasteiger partial charge in [-0.15, -0.1) is 0 Å². The predicted molar refractivity (Wildman–Crippen MR) is 119 cm³/mol. The van der Waals surface area contributed by atoms with E-state index in [0.29, 0.717) is 46.9 Å². The van der Waals surface area contributed by atoms with Crippen LogP contribution in [0.15, 0.2) is 36.1 Å². The largest absolute Gasteiger partial charge is 0.458 e. The lowest BCUT2D eigenvalue weighted by Crippen LogP contribution is -2.46. The van der Waals surface area contributed by atoms with Gasteiger partial charge in [-0.2, -0.15) is 4.37 Å². The van der Waals surface area contributed by atoms with E-state index in [1.807, 2.05) is 13.8 Å². The highest BCUT2D eigenvalue weighted by Gasteiger charge is 2.35. The number of halogens is 1. The molecule has 1 atom stereocenters. The summed E-state index contributed by atoms with van der Waals surface area (Å²) in [7, 11) is 1.61. The molecule has 1 aliphatic rings. The fraction of sp³-hybridized carbons (Fsp3) is 0.429. The van der Waals surface area contributed by atoms with E-state index >= 15 is 0 Å². The Balaban J connectivity index is 1.69. The van der Waals surface area contributed by atoms with Crippen LogP contribution in [0.5, 0.6) is 5.75 Å². The van der Waals surface area contributed by atoms with Crippen molar-refractivity contribution < 1.29 is 19.1 Å². The molecule has 1 aromatic carbocycles. The molecule has 0 saturated heterocycles. The van der Waals surface area contributed by atoms with Crippen LogP contribution in [-0.2, 0) is 20.7 Å². The molecule has 8 nitrogen and oxygen atoms in total. The van der Waals surface area contributed by atoms with Gasteiger partial charge in [-0.3, -0.25) is 14.9 Å². The third-order valence-corrected chi connectivity index (χ3v) is 5.55. The molecule has 2 amide bonds. The molecule has 1 aromatic heterocycles. The van der Waals surface area contributed by atoms with Crippen molar-refractivity contribution >= 4 is 40.1 Å². The normalized spacial score (nSPS) is 14.7. The van der Waals surface area contributed by atoms with Crippen LogP contribution in [-0.4, -0.2) is 52.4 Å². The lowest BCUT2D eigenvalue weighted by molar-refractivity contribution is -0.133. The SMILES string of the molecule is COCCc1nsc(NC(=O)[C@H](CC(C)C)N2CC(Oc3ccccc3Cl)=CC2=O)n1. The summed E-state index contributed by atoms with van der Waals surface area (Å²) in [6.45, 7) is 4.69. The molecule has 1 N–H and O–H groups in total. The number of anilines is 1. The van der Waals surface area contributed by atoms with Crippen molar-refractivity contribution in [2.75, 3.05) is 25.6 Å². The number of carbonyl (C=O) groups is 2. The Kier molecular flexibility index (Phi) is 8.00. The maximum absolute atomic E-state index is 13.0. The summed E-state index contributed by atoms with van der Waals surface area (Å²) in [6.07, 6.45) is 2.47. The number of carbonyl (C=O) groups excluding carboxylic acids is 2. The molecule has 0 spiro atoms. The third kappa shape index (κ3) is 6.25. The molecule has 0 bridgehead atoms. The van der Waals surface area contributed by atoms with Gasteiger partial charge in [-0.1, -0.05) is 37.6 Å². The van der Waals surface area contributed by atoms with Crippen molar-refractivity contribution in [2.45, 2.75) is 32.7 Å². The number of hydrogen-bond acceptors (Lipinski definition) is 7. The topological polar surface area (TPSA) is 93.6 Å². The van der Waals surface area contributed by atoms with Gasteiger partial charge in [-0.25, -0.2) is 4.98 Å². The number of aromatic nitrogens is 2. The Bertz CT molecular complexity index is 962. The zero-order valence-electron chi connectivity index (χ0n) is 17.6. The van der Waals surface area contributed by atoms with E-state index in [4.69, 9.17) is 21.1 Å². The number of ether oxygens (including phenoxy) is 2. The maximum Gasteiger partial charge on any atom is 0.251 e. The molecule has 166 valence electrons. The summed E-state index contributed by atoms with van der Waals surface area (Å²) in [6, 6.07) is 6.37. The first-order valence-corrected chi connectivity index (χ1v) is 11.1. The van der Waals surface area contributed by atoms with Crippen molar-refractivity contribution in [3.63, 3.8) is 0 Å². The molecule has 0 unspecified atom stereocenters. The summed E-state index contributed by atoms with van der Waals surface area (Å²) in [5.41, 5.74) is 0. The predicted octanol–water partition coefficient (Wildman–Crippen LogP) is 3.54. The second-order valence-corrected chi connectivity index (χ2v) is 8.66. The van der Waals surface area contributed by atoms with Crippen molar-refractivity contribution in [1.29, 1.82) is 0 Å². The number of para-hydroxylation sites is 1. The molecule has 0 aliphatic carbocycles. The second kappa shape index (κ2) is 10.7. The first kappa shape index (κ1) is 23.2. The van der Waals surface area contributed by atoms with E-state index in [1.165, 1.54) is 11.0 Å². The molecular weight excluding hydrogens is 440 g/mol. The van der Waals surface area contributed by atoms with Gasteiger partial charge in [-0.05, 0) is 24.5 Å². The number of nitrogens with one attached hydrogen (secondary N) is 1. The van der Waals surface area contributed by atoms with E-state index in [1.54, 1.807) is 31.4 Å². The van der Waals surface area contributed by atoms with Crippen LogP contribution >= 0.6 is 23.1 Å². The lowest BCUT2D eigenvalue weighted by Gasteiger charge is -2.28. The highest BCUT2D eigenvalue weighted by atomic mass is 35.5. The van der Waals surface area contributed by atoms with Crippen molar-refractivity contribution in [1.82, 2.24) is 14.3 Å². The number of nitrogens with zero attached hydrogens (tertiary/aromatic N) is 3. The zero-order chi connectivity index (χ0) is 22.4. The number of amides is 2. The molecule has 31 heavy (non-hydrogen) atoms. The standard InChI is InChI=1S/C21H25ClN4O4S/c1-13(2)10-16(20(28)24-21-23-18(25-31-21)8-9-29-3)26-12-14(11-19(26)27)30-17-7-5-4-6-15(17)22/h4-7,11,13,16H,8-10,12H2,1-3H3,(H,23,24,25,28)/t16-/m0/s1. The fourth-order valence-corrected chi connectivity index (χ4v) is 3.91. The first-order valence-electron chi connectivity index (χ1n) is 9.93. The van der Waals surface area contributed by atoms with E-state index < -0.39 is 6.04 Å². The minimum atomic E-state index is -0.664. The molecule has 0 radical (unpaired) electrons. The lowest BCUT2D eigenvalue weighted by atomic mass is 10.0. The fourth-order valence-electron chi connectivity index (χ4n) is 3.12. The average molecular weight is 465 g/mol. The van der Waals surface area contributed by atoms with Crippen LogP contribution in [0.3, 0.4) is 0 Å². The van der Waals surface area contributed by atoms with Crippen LogP contribution in [0.2, 0.25) is 5.02 Å². The van der Waals surface area contributed by atoms with E-state index in [-0.39, 0.29) is 24.3 Å². The average Bonchev–Trinajstić information content (AvgIpc) is 3.32. The Morgan fingerprint density at radius 2 is 2.13 bits per heavy atom.